The SMILES string of the molecule is Cc1nc(-c2ccc(C(F)(F)F)c(F)c2)sc1COc1cccc2sc(CC(=O)O)nc12. The largest absolute Gasteiger partial charge is 0.486 e. The first-order valence-electron chi connectivity index (χ1n) is 9.18. The molecule has 5 nitrogen and oxygen atoms in total. The van der Waals surface area contributed by atoms with Gasteiger partial charge in [0.25, 0.3) is 0 Å². The number of carboxylic acids is 1. The molecule has 0 radical (unpaired) electrons. The third kappa shape index (κ3) is 4.58. The number of para-hydroxylation sites is 1. The zero-order chi connectivity index (χ0) is 23.0. The number of aromatic nitrogens is 2. The Morgan fingerprint density at radius 3 is 2.62 bits per heavy atom. The highest BCUT2D eigenvalue weighted by molar-refractivity contribution is 7.18. The molecule has 0 aliphatic carbocycles. The van der Waals surface area contributed by atoms with E-state index < -0.39 is 23.5 Å². The average Bonchev–Trinajstić information content (AvgIpc) is 3.27. The number of rotatable bonds is 6. The molecule has 0 bridgehead atoms. The summed E-state index contributed by atoms with van der Waals surface area (Å²) in [6.07, 6.45) is -4.94. The van der Waals surface area contributed by atoms with Crippen LogP contribution in [0.4, 0.5) is 17.6 Å². The van der Waals surface area contributed by atoms with Crippen molar-refractivity contribution in [3.05, 3.63) is 63.4 Å². The van der Waals surface area contributed by atoms with Gasteiger partial charge in [-0.25, -0.2) is 14.4 Å². The zero-order valence-electron chi connectivity index (χ0n) is 16.4. The van der Waals surface area contributed by atoms with Crippen molar-refractivity contribution >= 4 is 38.9 Å². The van der Waals surface area contributed by atoms with Crippen LogP contribution in [0.15, 0.2) is 36.4 Å². The van der Waals surface area contributed by atoms with Crippen molar-refractivity contribution in [1.29, 1.82) is 0 Å². The van der Waals surface area contributed by atoms with E-state index in [4.69, 9.17) is 9.84 Å². The van der Waals surface area contributed by atoms with Gasteiger partial charge in [-0.05, 0) is 31.2 Å². The summed E-state index contributed by atoms with van der Waals surface area (Å²) in [6.45, 7) is 1.85. The van der Waals surface area contributed by atoms with Crippen LogP contribution in [-0.4, -0.2) is 21.0 Å². The number of nitrogens with zero attached hydrogens (tertiary/aromatic N) is 2. The number of carboxylic acid groups (broad SMARTS) is 1. The van der Waals surface area contributed by atoms with Gasteiger partial charge in [0.2, 0.25) is 0 Å². The molecule has 1 N–H and O–H groups in total. The molecule has 166 valence electrons. The molecule has 0 atom stereocenters. The number of hydrogen-bond acceptors (Lipinski definition) is 6. The van der Waals surface area contributed by atoms with Gasteiger partial charge in [0.1, 0.15) is 33.7 Å². The van der Waals surface area contributed by atoms with Crippen LogP contribution >= 0.6 is 22.7 Å². The van der Waals surface area contributed by atoms with Crippen molar-refractivity contribution in [1.82, 2.24) is 9.97 Å². The summed E-state index contributed by atoms with van der Waals surface area (Å²) < 4.78 is 59.0. The summed E-state index contributed by atoms with van der Waals surface area (Å²) in [5.41, 5.74) is 0.0924. The van der Waals surface area contributed by atoms with Gasteiger partial charge < -0.3 is 9.84 Å². The van der Waals surface area contributed by atoms with Gasteiger partial charge in [0.15, 0.2) is 0 Å². The molecule has 2 aromatic carbocycles. The van der Waals surface area contributed by atoms with E-state index >= 15 is 0 Å². The van der Waals surface area contributed by atoms with Gasteiger partial charge in [0.05, 0.1) is 27.3 Å². The predicted octanol–water partition coefficient (Wildman–Crippen LogP) is 6.09. The fraction of sp³-hybridized carbons (Fsp3) is 0.190. The Labute approximate surface area is 187 Å². The number of aliphatic carboxylic acids is 1. The van der Waals surface area contributed by atoms with Crippen molar-refractivity contribution in [2.75, 3.05) is 0 Å². The highest BCUT2D eigenvalue weighted by Crippen LogP contribution is 2.36. The number of fused-ring (bicyclic) bond motifs is 1. The normalized spacial score (nSPS) is 11.8. The molecule has 0 saturated carbocycles. The second-order valence-corrected chi connectivity index (χ2v) is 8.99. The van der Waals surface area contributed by atoms with Crippen LogP contribution in [0, 0.1) is 12.7 Å². The summed E-state index contributed by atoms with van der Waals surface area (Å²) in [7, 11) is 0. The lowest BCUT2D eigenvalue weighted by Gasteiger charge is -2.08. The van der Waals surface area contributed by atoms with Crippen molar-refractivity contribution in [3.8, 4) is 16.3 Å². The topological polar surface area (TPSA) is 72.3 Å². The molecule has 2 heterocycles. The van der Waals surface area contributed by atoms with E-state index in [1.807, 2.05) is 6.07 Å². The van der Waals surface area contributed by atoms with E-state index in [1.54, 1.807) is 19.1 Å². The third-order valence-corrected chi connectivity index (χ3v) is 6.70. The van der Waals surface area contributed by atoms with Crippen molar-refractivity contribution in [3.63, 3.8) is 0 Å². The van der Waals surface area contributed by atoms with Crippen LogP contribution in [0.5, 0.6) is 5.75 Å². The number of halogens is 4. The summed E-state index contributed by atoms with van der Waals surface area (Å²) in [4.78, 5) is 20.3. The molecule has 11 heteroatoms. The molecule has 4 rings (SSSR count). The number of aryl methyl sites for hydroxylation is 1. The molecular weight excluding hydrogens is 468 g/mol. The standard InChI is InChI=1S/C21H14F4N2O3S2/c1-10-16(32-20(26-10)11-5-6-12(13(22)7-11)21(23,24)25)9-30-14-3-2-4-15-19(14)27-17(31-15)8-18(28)29/h2-7H,8-9H2,1H3,(H,28,29). The Hall–Kier alpha value is -3.05. The van der Waals surface area contributed by atoms with E-state index in [2.05, 4.69) is 9.97 Å². The van der Waals surface area contributed by atoms with Gasteiger partial charge in [-0.1, -0.05) is 12.1 Å². The van der Waals surface area contributed by atoms with Gasteiger partial charge in [-0.2, -0.15) is 13.2 Å². The molecular formula is C21H14F4N2O3S2. The number of carbonyl (C=O) groups is 1. The smallest absolute Gasteiger partial charge is 0.419 e. The van der Waals surface area contributed by atoms with E-state index in [-0.39, 0.29) is 18.6 Å². The summed E-state index contributed by atoms with van der Waals surface area (Å²) in [5.74, 6) is -1.85. The summed E-state index contributed by atoms with van der Waals surface area (Å²) in [5, 5.41) is 9.80. The zero-order valence-corrected chi connectivity index (χ0v) is 18.0. The maximum absolute atomic E-state index is 13.9. The van der Waals surface area contributed by atoms with E-state index in [1.165, 1.54) is 28.7 Å². The number of alkyl halides is 3. The molecule has 0 saturated heterocycles. The Balaban J connectivity index is 1.55. The minimum Gasteiger partial charge on any atom is -0.486 e. The molecule has 0 unspecified atom stereocenters. The maximum Gasteiger partial charge on any atom is 0.419 e. The fourth-order valence-electron chi connectivity index (χ4n) is 3.00. The van der Waals surface area contributed by atoms with Crippen LogP contribution in [0.2, 0.25) is 0 Å². The second kappa shape index (κ2) is 8.47. The van der Waals surface area contributed by atoms with Gasteiger partial charge >= 0.3 is 12.1 Å². The van der Waals surface area contributed by atoms with Gasteiger partial charge in [-0.3, -0.25) is 4.79 Å². The minimum absolute atomic E-state index is 0.123. The predicted molar refractivity (Wildman–Crippen MR) is 113 cm³/mol. The molecule has 0 fully saturated rings. The average molecular weight is 482 g/mol. The van der Waals surface area contributed by atoms with E-state index in [9.17, 15) is 22.4 Å². The Morgan fingerprint density at radius 1 is 1.16 bits per heavy atom. The first-order chi connectivity index (χ1) is 15.1. The number of hydrogen-bond donors (Lipinski definition) is 1. The highest BCUT2D eigenvalue weighted by atomic mass is 32.1. The van der Waals surface area contributed by atoms with Crippen LogP contribution in [0.3, 0.4) is 0 Å². The lowest BCUT2D eigenvalue weighted by molar-refractivity contribution is -0.140. The molecule has 4 aromatic rings. The first kappa shape index (κ1) is 22.2. The Kier molecular flexibility index (Phi) is 5.87. The molecule has 0 aliphatic heterocycles. The minimum atomic E-state index is -4.76. The Morgan fingerprint density at radius 2 is 1.94 bits per heavy atom. The van der Waals surface area contributed by atoms with E-state index in [0.29, 0.717) is 33.0 Å². The van der Waals surface area contributed by atoms with Gasteiger partial charge in [0, 0.05) is 5.56 Å². The van der Waals surface area contributed by atoms with Crippen molar-refractivity contribution in [2.45, 2.75) is 26.1 Å². The summed E-state index contributed by atoms with van der Waals surface area (Å²) in [6, 6.07) is 8.03. The first-order valence-corrected chi connectivity index (χ1v) is 10.8. The highest BCUT2D eigenvalue weighted by Gasteiger charge is 2.34. The molecule has 32 heavy (non-hydrogen) atoms. The molecule has 0 aliphatic rings. The molecule has 2 aromatic heterocycles. The van der Waals surface area contributed by atoms with Crippen LogP contribution < -0.4 is 4.74 Å². The van der Waals surface area contributed by atoms with Crippen molar-refractivity contribution in [2.24, 2.45) is 0 Å². The number of benzene rings is 2. The molecule has 0 amide bonds. The lowest BCUT2D eigenvalue weighted by atomic mass is 10.1. The molecule has 0 spiro atoms. The Bertz CT molecular complexity index is 1310. The van der Waals surface area contributed by atoms with Crippen LogP contribution in [-0.2, 0) is 24.0 Å². The fourth-order valence-corrected chi connectivity index (χ4v) is 4.95. The van der Waals surface area contributed by atoms with E-state index in [0.717, 1.165) is 15.6 Å². The second-order valence-electron chi connectivity index (χ2n) is 6.79. The number of ether oxygens (including phenoxy) is 1. The van der Waals surface area contributed by atoms with Crippen molar-refractivity contribution < 1.29 is 32.2 Å². The third-order valence-electron chi connectivity index (χ3n) is 4.50. The summed E-state index contributed by atoms with van der Waals surface area (Å²) >= 11 is 2.47. The number of thiazole rings is 2. The maximum atomic E-state index is 13.9. The lowest BCUT2D eigenvalue weighted by Crippen LogP contribution is -2.07. The quantitative estimate of drug-likeness (QED) is 0.337. The van der Waals surface area contributed by atoms with Crippen LogP contribution in [0.1, 0.15) is 21.1 Å². The van der Waals surface area contributed by atoms with Crippen LogP contribution in [0.25, 0.3) is 20.8 Å². The monoisotopic (exact) mass is 482 g/mol. The van der Waals surface area contributed by atoms with Gasteiger partial charge in [-0.15, -0.1) is 22.7 Å².